The van der Waals surface area contributed by atoms with Crippen LogP contribution in [0.2, 0.25) is 5.02 Å². The summed E-state index contributed by atoms with van der Waals surface area (Å²) in [5.41, 5.74) is 2.50. The molecular formula is C16H16BrClMg. The predicted octanol–water partition coefficient (Wildman–Crippen LogP) is 1.51. The maximum Gasteiger partial charge on any atom is 2.00 e. The molecule has 0 saturated carbocycles. The van der Waals surface area contributed by atoms with Crippen LogP contribution in [-0.2, 0) is 6.42 Å². The fraction of sp³-hybridized carbons (Fsp3) is 0.188. The zero-order chi connectivity index (χ0) is 12.1. The Bertz CT molecular complexity index is 473. The van der Waals surface area contributed by atoms with Crippen LogP contribution in [0.15, 0.2) is 54.6 Å². The first-order valence-corrected chi connectivity index (χ1v) is 6.26. The molecule has 0 aromatic heterocycles. The molecule has 2 aromatic rings. The van der Waals surface area contributed by atoms with E-state index in [2.05, 4.69) is 37.3 Å². The van der Waals surface area contributed by atoms with E-state index in [9.17, 15) is 0 Å². The Hall–Kier alpha value is -0.0238. The molecule has 2 aromatic carbocycles. The van der Waals surface area contributed by atoms with E-state index in [4.69, 9.17) is 11.6 Å². The fourth-order valence-corrected chi connectivity index (χ4v) is 2.24. The van der Waals surface area contributed by atoms with Gasteiger partial charge >= 0.3 is 23.1 Å². The summed E-state index contributed by atoms with van der Waals surface area (Å²) < 4.78 is 0. The second-order valence-electron chi connectivity index (χ2n) is 4.24. The minimum Gasteiger partial charge on any atom is -1.00 e. The largest absolute Gasteiger partial charge is 2.00 e. The Balaban J connectivity index is 0.00000162. The van der Waals surface area contributed by atoms with Gasteiger partial charge in [0.1, 0.15) is 0 Å². The van der Waals surface area contributed by atoms with Crippen LogP contribution in [0.1, 0.15) is 23.5 Å². The number of hydrogen-bond acceptors (Lipinski definition) is 0. The number of aryl methyl sites for hydroxylation is 1. The molecule has 0 heterocycles. The Morgan fingerprint density at radius 2 is 1.53 bits per heavy atom. The summed E-state index contributed by atoms with van der Waals surface area (Å²) in [5, 5.41) is 0.820. The zero-order valence-electron chi connectivity index (χ0n) is 10.9. The molecule has 0 aliphatic heterocycles. The van der Waals surface area contributed by atoms with Crippen LogP contribution < -0.4 is 17.0 Å². The van der Waals surface area contributed by atoms with Gasteiger partial charge in [0.05, 0.1) is 0 Å². The molecular weight excluding hydrogens is 332 g/mol. The molecule has 0 bridgehead atoms. The van der Waals surface area contributed by atoms with Crippen molar-refractivity contribution in [1.82, 2.24) is 0 Å². The molecule has 19 heavy (non-hydrogen) atoms. The normalized spacial score (nSPS) is 11.1. The second kappa shape index (κ2) is 9.81. The third-order valence-corrected chi connectivity index (χ3v) is 3.31. The van der Waals surface area contributed by atoms with Crippen LogP contribution in [0.25, 0.3) is 0 Å². The summed E-state index contributed by atoms with van der Waals surface area (Å²) in [4.78, 5) is 0. The topological polar surface area (TPSA) is 0 Å². The van der Waals surface area contributed by atoms with E-state index >= 15 is 0 Å². The van der Waals surface area contributed by atoms with Gasteiger partial charge in [0, 0.05) is 5.02 Å². The van der Waals surface area contributed by atoms with Gasteiger partial charge in [-0.15, -0.1) is 5.92 Å². The summed E-state index contributed by atoms with van der Waals surface area (Å²) in [7, 11) is 0. The monoisotopic (exact) mass is 346 g/mol. The maximum absolute atomic E-state index is 6.16. The van der Waals surface area contributed by atoms with Gasteiger partial charge in [-0.2, -0.15) is 0 Å². The molecule has 0 amide bonds. The van der Waals surface area contributed by atoms with E-state index in [1.165, 1.54) is 5.56 Å². The number of benzene rings is 2. The summed E-state index contributed by atoms with van der Waals surface area (Å²) in [6, 6.07) is 18.4. The quantitative estimate of drug-likeness (QED) is 0.581. The van der Waals surface area contributed by atoms with Crippen molar-refractivity contribution in [1.29, 1.82) is 0 Å². The molecule has 3 heteroatoms. The van der Waals surface area contributed by atoms with E-state index in [-0.39, 0.29) is 46.0 Å². The molecule has 0 aliphatic carbocycles. The average molecular weight is 348 g/mol. The van der Waals surface area contributed by atoms with Crippen molar-refractivity contribution in [3.05, 3.63) is 77.7 Å². The molecule has 96 valence electrons. The first kappa shape index (κ1) is 19.0. The van der Waals surface area contributed by atoms with E-state index in [1.54, 1.807) is 0 Å². The number of rotatable bonds is 4. The van der Waals surface area contributed by atoms with Gasteiger partial charge in [-0.05, 0) is 18.1 Å². The van der Waals surface area contributed by atoms with Crippen LogP contribution >= 0.6 is 11.6 Å². The first-order valence-electron chi connectivity index (χ1n) is 5.89. The van der Waals surface area contributed by atoms with Crippen LogP contribution in [0.4, 0.5) is 0 Å². The summed E-state index contributed by atoms with van der Waals surface area (Å²) in [6.45, 7) is 4.20. The van der Waals surface area contributed by atoms with Crippen molar-refractivity contribution >= 4 is 34.7 Å². The van der Waals surface area contributed by atoms with Crippen LogP contribution in [0.3, 0.4) is 0 Å². The fourth-order valence-electron chi connectivity index (χ4n) is 1.95. The Labute approximate surface area is 147 Å². The zero-order valence-corrected chi connectivity index (χ0v) is 14.6. The van der Waals surface area contributed by atoms with Crippen LogP contribution in [0.5, 0.6) is 0 Å². The van der Waals surface area contributed by atoms with Gasteiger partial charge in [-0.25, -0.2) is 0 Å². The van der Waals surface area contributed by atoms with Crippen LogP contribution in [0, 0.1) is 6.92 Å². The molecule has 0 aliphatic rings. The molecule has 1 atom stereocenters. The molecule has 0 N–H and O–H groups in total. The number of hydrogen-bond donors (Lipinski definition) is 0. The SMILES string of the molecule is [Br-].[CH2-]C(CCc1ccccc1)c1ccccc1Cl.[Mg+2]. The van der Waals surface area contributed by atoms with Gasteiger partial charge in [0.25, 0.3) is 0 Å². The van der Waals surface area contributed by atoms with Crippen molar-refractivity contribution in [3.8, 4) is 0 Å². The molecule has 0 fully saturated rings. The Morgan fingerprint density at radius 3 is 2.16 bits per heavy atom. The molecule has 0 saturated heterocycles. The van der Waals surface area contributed by atoms with Gasteiger partial charge in [-0.3, -0.25) is 0 Å². The van der Waals surface area contributed by atoms with E-state index < -0.39 is 0 Å². The molecule has 0 spiro atoms. The third-order valence-electron chi connectivity index (χ3n) is 2.97. The minimum absolute atomic E-state index is 0. The van der Waals surface area contributed by atoms with Gasteiger partial charge < -0.3 is 23.9 Å². The van der Waals surface area contributed by atoms with Crippen molar-refractivity contribution in [3.63, 3.8) is 0 Å². The third kappa shape index (κ3) is 5.86. The van der Waals surface area contributed by atoms with Crippen molar-refractivity contribution in [2.24, 2.45) is 0 Å². The van der Waals surface area contributed by atoms with Gasteiger partial charge in [-0.1, -0.05) is 72.1 Å². The summed E-state index contributed by atoms with van der Waals surface area (Å²) >= 11 is 6.16. The standard InChI is InChI=1S/C16H16Cl.BrH.Mg/c1-13(15-9-5-6-10-16(15)17)11-12-14-7-3-2-4-8-14;;/h2-10,13H,1,11-12H2;1H;/q-1;;+2/p-1. The minimum atomic E-state index is 0. The maximum atomic E-state index is 6.16. The number of halogens is 2. The van der Waals surface area contributed by atoms with Crippen LogP contribution in [-0.4, -0.2) is 23.1 Å². The molecule has 0 nitrogen and oxygen atoms in total. The average Bonchev–Trinajstić information content (AvgIpc) is 2.38. The van der Waals surface area contributed by atoms with Crippen molar-refractivity contribution in [2.75, 3.05) is 0 Å². The summed E-state index contributed by atoms with van der Waals surface area (Å²) in [5.74, 6) is 0.254. The van der Waals surface area contributed by atoms with E-state index in [0.717, 1.165) is 23.4 Å². The second-order valence-corrected chi connectivity index (χ2v) is 4.65. The smallest absolute Gasteiger partial charge is 1.00 e. The van der Waals surface area contributed by atoms with Gasteiger partial charge in [0.15, 0.2) is 0 Å². The van der Waals surface area contributed by atoms with E-state index in [1.807, 2.05) is 24.3 Å². The molecule has 0 radical (unpaired) electrons. The van der Waals surface area contributed by atoms with Crippen molar-refractivity contribution in [2.45, 2.75) is 18.8 Å². The molecule has 2 rings (SSSR count). The Kier molecular flexibility index (Phi) is 9.80. The predicted molar refractivity (Wildman–Crippen MR) is 80.1 cm³/mol. The molecule has 1 unspecified atom stereocenters. The van der Waals surface area contributed by atoms with E-state index in [0.29, 0.717) is 0 Å². The summed E-state index contributed by atoms with van der Waals surface area (Å²) in [6.07, 6.45) is 2.06. The Morgan fingerprint density at radius 1 is 0.947 bits per heavy atom. The van der Waals surface area contributed by atoms with Crippen molar-refractivity contribution < 1.29 is 17.0 Å². The first-order chi connectivity index (χ1) is 8.27. The van der Waals surface area contributed by atoms with Gasteiger partial charge in [0.2, 0.25) is 0 Å².